The Morgan fingerprint density at radius 2 is 1.94 bits per heavy atom. The van der Waals surface area contributed by atoms with E-state index in [0.29, 0.717) is 11.7 Å². The SMILES string of the molecule is CC(c1cc(C2CC2)ccc1F)N1CCC(Oc2ccc(S(=O)(=O)Nc3cscn3)cc2Cl)CC1. The number of hydrogen-bond acceptors (Lipinski definition) is 6. The van der Waals surface area contributed by atoms with Gasteiger partial charge in [-0.05, 0) is 68.4 Å². The van der Waals surface area contributed by atoms with Crippen molar-refractivity contribution in [1.82, 2.24) is 9.88 Å². The van der Waals surface area contributed by atoms with E-state index >= 15 is 0 Å². The maximum atomic E-state index is 14.6. The third-order valence-corrected chi connectivity index (χ3v) is 8.96. The van der Waals surface area contributed by atoms with Crippen LogP contribution in [0.2, 0.25) is 5.02 Å². The normalized spacial score (nSPS) is 18.4. The van der Waals surface area contributed by atoms with Gasteiger partial charge in [-0.25, -0.2) is 17.8 Å². The van der Waals surface area contributed by atoms with Crippen LogP contribution in [-0.2, 0) is 10.0 Å². The molecule has 1 saturated carbocycles. The Kier molecular flexibility index (Phi) is 7.03. The van der Waals surface area contributed by atoms with Crippen molar-refractivity contribution in [2.45, 2.75) is 55.6 Å². The van der Waals surface area contributed by atoms with E-state index in [-0.39, 0.29) is 33.7 Å². The minimum absolute atomic E-state index is 0.00653. The van der Waals surface area contributed by atoms with Crippen molar-refractivity contribution in [3.63, 3.8) is 0 Å². The zero-order valence-electron chi connectivity index (χ0n) is 19.3. The summed E-state index contributed by atoms with van der Waals surface area (Å²) in [6.07, 6.45) is 3.89. The van der Waals surface area contributed by atoms with Crippen LogP contribution in [0.15, 0.2) is 52.2 Å². The topological polar surface area (TPSA) is 71.5 Å². The van der Waals surface area contributed by atoms with Gasteiger partial charge in [0.15, 0.2) is 5.82 Å². The molecule has 5 rings (SSSR count). The minimum Gasteiger partial charge on any atom is -0.489 e. The van der Waals surface area contributed by atoms with Crippen LogP contribution in [0.1, 0.15) is 55.7 Å². The van der Waals surface area contributed by atoms with Crippen LogP contribution in [0.5, 0.6) is 5.75 Å². The Morgan fingerprint density at radius 3 is 2.60 bits per heavy atom. The van der Waals surface area contributed by atoms with E-state index in [4.69, 9.17) is 16.3 Å². The molecule has 0 spiro atoms. The number of nitrogens with one attached hydrogen (secondary N) is 1. The van der Waals surface area contributed by atoms with Crippen LogP contribution in [0, 0.1) is 5.82 Å². The number of halogens is 2. The van der Waals surface area contributed by atoms with Crippen molar-refractivity contribution < 1.29 is 17.5 Å². The van der Waals surface area contributed by atoms with Gasteiger partial charge >= 0.3 is 0 Å². The summed E-state index contributed by atoms with van der Waals surface area (Å²) >= 11 is 7.68. The zero-order valence-corrected chi connectivity index (χ0v) is 21.7. The summed E-state index contributed by atoms with van der Waals surface area (Å²) in [7, 11) is -3.79. The fraction of sp³-hybridized carbons (Fsp3) is 0.400. The molecule has 0 radical (unpaired) electrons. The quantitative estimate of drug-likeness (QED) is 0.371. The molecular formula is C25H27ClFN3O3S2. The molecule has 6 nitrogen and oxygen atoms in total. The average molecular weight is 536 g/mol. The van der Waals surface area contributed by atoms with Crippen LogP contribution >= 0.6 is 22.9 Å². The van der Waals surface area contributed by atoms with E-state index in [0.717, 1.165) is 31.5 Å². The molecular weight excluding hydrogens is 509 g/mol. The lowest BCUT2D eigenvalue weighted by Gasteiger charge is -2.36. The number of ether oxygens (including phenoxy) is 1. The highest BCUT2D eigenvalue weighted by Gasteiger charge is 2.29. The summed E-state index contributed by atoms with van der Waals surface area (Å²) in [5.74, 6) is 1.17. The van der Waals surface area contributed by atoms with Crippen molar-refractivity contribution >= 4 is 38.8 Å². The highest BCUT2D eigenvalue weighted by Crippen LogP contribution is 2.41. The number of sulfonamides is 1. The molecule has 2 aliphatic rings. The number of rotatable bonds is 8. The van der Waals surface area contributed by atoms with Gasteiger partial charge in [0, 0.05) is 30.1 Å². The van der Waals surface area contributed by atoms with E-state index in [1.165, 1.54) is 41.9 Å². The Hall–Kier alpha value is -2.20. The molecule has 35 heavy (non-hydrogen) atoms. The van der Waals surface area contributed by atoms with Gasteiger partial charge in [0.25, 0.3) is 10.0 Å². The summed E-state index contributed by atoms with van der Waals surface area (Å²) in [5, 5.41) is 1.85. The second-order valence-corrected chi connectivity index (χ2v) is 12.0. The van der Waals surface area contributed by atoms with Gasteiger partial charge in [-0.15, -0.1) is 11.3 Å². The molecule has 10 heteroatoms. The molecule has 1 N–H and O–H groups in total. The van der Waals surface area contributed by atoms with Gasteiger partial charge in [-0.3, -0.25) is 9.62 Å². The number of aromatic nitrogens is 1. The van der Waals surface area contributed by atoms with Gasteiger partial charge in [0.1, 0.15) is 17.7 Å². The largest absolute Gasteiger partial charge is 0.489 e. The van der Waals surface area contributed by atoms with E-state index in [1.54, 1.807) is 23.0 Å². The first-order valence-corrected chi connectivity index (χ1v) is 14.5. The first-order chi connectivity index (χ1) is 16.8. The van der Waals surface area contributed by atoms with Gasteiger partial charge in [0.2, 0.25) is 0 Å². The smallest absolute Gasteiger partial charge is 0.263 e. The summed E-state index contributed by atoms with van der Waals surface area (Å²) < 4.78 is 48.3. The van der Waals surface area contributed by atoms with Crippen LogP contribution in [0.25, 0.3) is 0 Å². The summed E-state index contributed by atoms with van der Waals surface area (Å²) in [6.45, 7) is 3.62. The predicted octanol–water partition coefficient (Wildman–Crippen LogP) is 6.22. The summed E-state index contributed by atoms with van der Waals surface area (Å²) in [5.41, 5.74) is 3.56. The molecule has 2 fully saturated rings. The summed E-state index contributed by atoms with van der Waals surface area (Å²) in [4.78, 5) is 6.28. The first kappa shape index (κ1) is 24.5. The van der Waals surface area contributed by atoms with Crippen LogP contribution in [0.4, 0.5) is 10.2 Å². The van der Waals surface area contributed by atoms with Crippen molar-refractivity contribution in [3.05, 3.63) is 69.3 Å². The van der Waals surface area contributed by atoms with Gasteiger partial charge < -0.3 is 4.74 Å². The number of thiazole rings is 1. The average Bonchev–Trinajstić information content (AvgIpc) is 3.57. The molecule has 1 aromatic heterocycles. The second-order valence-electron chi connectivity index (χ2n) is 9.16. The third-order valence-electron chi connectivity index (χ3n) is 6.72. The number of nitrogens with zero attached hydrogens (tertiary/aromatic N) is 2. The van der Waals surface area contributed by atoms with E-state index in [9.17, 15) is 12.8 Å². The number of anilines is 1. The number of hydrogen-bond donors (Lipinski definition) is 1. The fourth-order valence-electron chi connectivity index (χ4n) is 4.51. The van der Waals surface area contributed by atoms with Crippen LogP contribution in [0.3, 0.4) is 0 Å². The zero-order chi connectivity index (χ0) is 24.6. The van der Waals surface area contributed by atoms with Gasteiger partial charge in [0.05, 0.1) is 15.4 Å². The lowest BCUT2D eigenvalue weighted by atomic mass is 9.98. The van der Waals surface area contributed by atoms with Gasteiger partial charge in [-0.2, -0.15) is 0 Å². The molecule has 0 amide bonds. The second kappa shape index (κ2) is 10.0. The van der Waals surface area contributed by atoms with E-state index < -0.39 is 10.0 Å². The lowest BCUT2D eigenvalue weighted by molar-refractivity contribution is 0.0788. The van der Waals surface area contributed by atoms with E-state index in [2.05, 4.69) is 21.5 Å². The molecule has 186 valence electrons. The lowest BCUT2D eigenvalue weighted by Crippen LogP contribution is -2.39. The molecule has 1 atom stereocenters. The monoisotopic (exact) mass is 535 g/mol. The molecule has 1 aliphatic carbocycles. The number of likely N-dealkylation sites (tertiary alicyclic amines) is 1. The Balaban J connectivity index is 1.19. The molecule has 1 saturated heterocycles. The minimum atomic E-state index is -3.79. The summed E-state index contributed by atoms with van der Waals surface area (Å²) in [6, 6.07) is 10.0. The number of benzene rings is 2. The van der Waals surface area contributed by atoms with Gasteiger partial charge in [-0.1, -0.05) is 23.7 Å². The Labute approximate surface area is 214 Å². The highest BCUT2D eigenvalue weighted by atomic mass is 35.5. The third kappa shape index (κ3) is 5.63. The standard InChI is InChI=1S/C25H27ClFN3O3S2/c1-16(21-12-18(17-2-3-17)4-6-23(21)27)30-10-8-19(9-11-30)33-24-7-5-20(13-22(24)26)35(31,32)29-25-14-34-15-28-25/h4-7,12-17,19,29H,2-3,8-11H2,1H3. The Bertz CT molecular complexity index is 1290. The fourth-order valence-corrected chi connectivity index (χ4v) is 6.39. The predicted molar refractivity (Wildman–Crippen MR) is 136 cm³/mol. The van der Waals surface area contributed by atoms with Crippen molar-refractivity contribution in [2.24, 2.45) is 0 Å². The van der Waals surface area contributed by atoms with Crippen molar-refractivity contribution in [2.75, 3.05) is 17.8 Å². The first-order valence-electron chi connectivity index (χ1n) is 11.7. The van der Waals surface area contributed by atoms with E-state index in [1.807, 2.05) is 12.1 Å². The van der Waals surface area contributed by atoms with Crippen LogP contribution in [-0.4, -0.2) is 37.5 Å². The van der Waals surface area contributed by atoms with Crippen molar-refractivity contribution in [3.8, 4) is 5.75 Å². The molecule has 0 bridgehead atoms. The Morgan fingerprint density at radius 1 is 1.17 bits per heavy atom. The molecule has 1 aliphatic heterocycles. The molecule has 3 aromatic rings. The molecule has 2 heterocycles. The molecule has 2 aromatic carbocycles. The van der Waals surface area contributed by atoms with Crippen LogP contribution < -0.4 is 9.46 Å². The maximum Gasteiger partial charge on any atom is 0.263 e. The molecule has 1 unspecified atom stereocenters. The maximum absolute atomic E-state index is 14.6. The van der Waals surface area contributed by atoms with Crippen molar-refractivity contribution in [1.29, 1.82) is 0 Å². The highest BCUT2D eigenvalue weighted by molar-refractivity contribution is 7.92. The number of piperidine rings is 1.